The maximum absolute atomic E-state index is 11.5. The minimum Gasteiger partial charge on any atom is -0.382 e. The first kappa shape index (κ1) is 11.7. The SMILES string of the molecule is C=CCNc1ccc2c(c1)CCCN2C(C)=O. The monoisotopic (exact) mass is 230 g/mol. The van der Waals surface area contributed by atoms with Gasteiger partial charge in [-0.05, 0) is 36.6 Å². The van der Waals surface area contributed by atoms with Gasteiger partial charge in [0.15, 0.2) is 0 Å². The van der Waals surface area contributed by atoms with Crippen LogP contribution in [0.25, 0.3) is 0 Å². The summed E-state index contributed by atoms with van der Waals surface area (Å²) in [4.78, 5) is 13.4. The standard InChI is InChI=1S/C14H18N2O/c1-3-8-15-13-6-7-14-12(10-13)5-4-9-16(14)11(2)17/h3,6-7,10,15H,1,4-5,8-9H2,2H3. The Morgan fingerprint density at radius 2 is 2.41 bits per heavy atom. The summed E-state index contributed by atoms with van der Waals surface area (Å²) in [6, 6.07) is 6.18. The predicted molar refractivity (Wildman–Crippen MR) is 71.5 cm³/mol. The Balaban J connectivity index is 2.26. The molecule has 0 atom stereocenters. The fraction of sp³-hybridized carbons (Fsp3) is 0.357. The lowest BCUT2D eigenvalue weighted by atomic mass is 10.0. The molecule has 1 amide bonds. The highest BCUT2D eigenvalue weighted by atomic mass is 16.2. The van der Waals surface area contributed by atoms with Crippen LogP contribution in [0.4, 0.5) is 11.4 Å². The van der Waals surface area contributed by atoms with Crippen molar-refractivity contribution in [1.82, 2.24) is 0 Å². The van der Waals surface area contributed by atoms with Crippen molar-refractivity contribution in [2.24, 2.45) is 0 Å². The van der Waals surface area contributed by atoms with Crippen LogP contribution in [0.5, 0.6) is 0 Å². The van der Waals surface area contributed by atoms with Gasteiger partial charge in [0, 0.05) is 31.4 Å². The van der Waals surface area contributed by atoms with Gasteiger partial charge in [0.25, 0.3) is 0 Å². The van der Waals surface area contributed by atoms with E-state index in [2.05, 4.69) is 18.0 Å². The van der Waals surface area contributed by atoms with Crippen molar-refractivity contribution in [3.63, 3.8) is 0 Å². The van der Waals surface area contributed by atoms with Crippen LogP contribution in [0.3, 0.4) is 0 Å². The van der Waals surface area contributed by atoms with Crippen molar-refractivity contribution in [3.8, 4) is 0 Å². The van der Waals surface area contributed by atoms with E-state index < -0.39 is 0 Å². The number of aryl methyl sites for hydroxylation is 1. The lowest BCUT2D eigenvalue weighted by Gasteiger charge is -2.29. The Kier molecular flexibility index (Phi) is 3.47. The molecule has 0 fully saturated rings. The molecule has 1 aliphatic heterocycles. The summed E-state index contributed by atoms with van der Waals surface area (Å²) in [5, 5.41) is 3.27. The van der Waals surface area contributed by atoms with Crippen molar-refractivity contribution >= 4 is 17.3 Å². The molecule has 0 bridgehead atoms. The molecule has 0 unspecified atom stereocenters. The van der Waals surface area contributed by atoms with E-state index in [1.807, 2.05) is 23.1 Å². The number of amides is 1. The molecule has 17 heavy (non-hydrogen) atoms. The molecule has 0 aromatic heterocycles. The van der Waals surface area contributed by atoms with Crippen LogP contribution in [-0.2, 0) is 11.2 Å². The fourth-order valence-electron chi connectivity index (χ4n) is 2.22. The van der Waals surface area contributed by atoms with Gasteiger partial charge in [0.05, 0.1) is 0 Å². The normalized spacial score (nSPS) is 14.1. The average Bonchev–Trinajstić information content (AvgIpc) is 2.35. The van der Waals surface area contributed by atoms with Gasteiger partial charge in [-0.2, -0.15) is 0 Å². The highest BCUT2D eigenvalue weighted by molar-refractivity contribution is 5.93. The van der Waals surface area contributed by atoms with Crippen molar-refractivity contribution in [2.45, 2.75) is 19.8 Å². The fourth-order valence-corrected chi connectivity index (χ4v) is 2.22. The summed E-state index contributed by atoms with van der Waals surface area (Å²) in [5.74, 6) is 0.123. The van der Waals surface area contributed by atoms with Gasteiger partial charge in [-0.1, -0.05) is 6.08 Å². The predicted octanol–water partition coefficient (Wildman–Crippen LogP) is 2.58. The molecule has 1 heterocycles. The second kappa shape index (κ2) is 5.04. The van der Waals surface area contributed by atoms with Gasteiger partial charge in [-0.25, -0.2) is 0 Å². The smallest absolute Gasteiger partial charge is 0.223 e. The third kappa shape index (κ3) is 2.49. The number of hydrogen-bond donors (Lipinski definition) is 1. The van der Waals surface area contributed by atoms with E-state index in [1.54, 1.807) is 6.92 Å². The van der Waals surface area contributed by atoms with Crippen LogP contribution < -0.4 is 10.2 Å². The van der Waals surface area contributed by atoms with Crippen LogP contribution in [0, 0.1) is 0 Å². The van der Waals surface area contributed by atoms with Crippen LogP contribution in [-0.4, -0.2) is 19.0 Å². The van der Waals surface area contributed by atoms with E-state index in [0.29, 0.717) is 0 Å². The Hall–Kier alpha value is -1.77. The topological polar surface area (TPSA) is 32.3 Å². The number of benzene rings is 1. The number of carbonyl (C=O) groups excluding carboxylic acids is 1. The summed E-state index contributed by atoms with van der Waals surface area (Å²) in [6.45, 7) is 6.90. The minimum absolute atomic E-state index is 0.123. The number of nitrogens with one attached hydrogen (secondary N) is 1. The van der Waals surface area contributed by atoms with Crippen LogP contribution >= 0.6 is 0 Å². The molecule has 1 aromatic rings. The van der Waals surface area contributed by atoms with Gasteiger partial charge in [-0.15, -0.1) is 6.58 Å². The molecule has 0 saturated heterocycles. The van der Waals surface area contributed by atoms with Gasteiger partial charge in [0.2, 0.25) is 5.91 Å². The molecule has 2 rings (SSSR count). The summed E-state index contributed by atoms with van der Waals surface area (Å²) in [6.07, 6.45) is 3.92. The number of carbonyl (C=O) groups is 1. The van der Waals surface area contributed by atoms with Crippen LogP contribution in [0.1, 0.15) is 18.9 Å². The maximum Gasteiger partial charge on any atom is 0.223 e. The molecule has 90 valence electrons. The number of hydrogen-bond acceptors (Lipinski definition) is 2. The van der Waals surface area contributed by atoms with Crippen molar-refractivity contribution in [3.05, 3.63) is 36.4 Å². The van der Waals surface area contributed by atoms with Gasteiger partial charge < -0.3 is 10.2 Å². The molecule has 1 aliphatic rings. The highest BCUT2D eigenvalue weighted by Gasteiger charge is 2.19. The lowest BCUT2D eigenvalue weighted by Crippen LogP contribution is -2.33. The van der Waals surface area contributed by atoms with Crippen LogP contribution in [0.2, 0.25) is 0 Å². The molecule has 0 radical (unpaired) electrons. The second-order valence-electron chi connectivity index (χ2n) is 4.29. The second-order valence-corrected chi connectivity index (χ2v) is 4.29. The third-order valence-electron chi connectivity index (χ3n) is 3.03. The summed E-state index contributed by atoms with van der Waals surface area (Å²) >= 11 is 0. The number of fused-ring (bicyclic) bond motifs is 1. The Morgan fingerprint density at radius 3 is 3.12 bits per heavy atom. The molecule has 0 aliphatic carbocycles. The quantitative estimate of drug-likeness (QED) is 0.809. The van der Waals surface area contributed by atoms with E-state index in [9.17, 15) is 4.79 Å². The zero-order valence-electron chi connectivity index (χ0n) is 10.2. The zero-order chi connectivity index (χ0) is 12.3. The average molecular weight is 230 g/mol. The van der Waals surface area contributed by atoms with E-state index in [0.717, 1.165) is 37.3 Å². The number of rotatable bonds is 3. The first-order valence-electron chi connectivity index (χ1n) is 5.98. The molecule has 0 saturated carbocycles. The van der Waals surface area contributed by atoms with Crippen molar-refractivity contribution in [1.29, 1.82) is 0 Å². The summed E-state index contributed by atoms with van der Waals surface area (Å²) in [5.41, 5.74) is 3.41. The zero-order valence-corrected chi connectivity index (χ0v) is 10.2. The summed E-state index contributed by atoms with van der Waals surface area (Å²) in [7, 11) is 0. The number of nitrogens with zero attached hydrogens (tertiary/aromatic N) is 1. The number of anilines is 2. The van der Waals surface area contributed by atoms with Crippen LogP contribution in [0.15, 0.2) is 30.9 Å². The first-order valence-corrected chi connectivity index (χ1v) is 5.98. The van der Waals surface area contributed by atoms with Gasteiger partial charge >= 0.3 is 0 Å². The summed E-state index contributed by atoms with van der Waals surface area (Å²) < 4.78 is 0. The highest BCUT2D eigenvalue weighted by Crippen LogP contribution is 2.29. The van der Waals surface area contributed by atoms with E-state index in [1.165, 1.54) is 5.56 Å². The molecule has 3 nitrogen and oxygen atoms in total. The molecule has 1 N–H and O–H groups in total. The van der Waals surface area contributed by atoms with Gasteiger partial charge in [0.1, 0.15) is 0 Å². The lowest BCUT2D eigenvalue weighted by molar-refractivity contribution is -0.116. The first-order chi connectivity index (χ1) is 8.22. The third-order valence-corrected chi connectivity index (χ3v) is 3.03. The maximum atomic E-state index is 11.5. The largest absolute Gasteiger partial charge is 0.382 e. The van der Waals surface area contributed by atoms with E-state index in [4.69, 9.17) is 0 Å². The molecule has 3 heteroatoms. The minimum atomic E-state index is 0.123. The molecular formula is C14H18N2O. The Morgan fingerprint density at radius 1 is 1.59 bits per heavy atom. The Labute approximate surface area is 102 Å². The van der Waals surface area contributed by atoms with E-state index in [-0.39, 0.29) is 5.91 Å². The molecule has 0 spiro atoms. The molecular weight excluding hydrogens is 212 g/mol. The van der Waals surface area contributed by atoms with Crippen molar-refractivity contribution in [2.75, 3.05) is 23.3 Å². The molecule has 1 aromatic carbocycles. The van der Waals surface area contributed by atoms with Gasteiger partial charge in [-0.3, -0.25) is 4.79 Å². The van der Waals surface area contributed by atoms with E-state index >= 15 is 0 Å². The van der Waals surface area contributed by atoms with Crippen molar-refractivity contribution < 1.29 is 4.79 Å². The Bertz CT molecular complexity index is 440.